The van der Waals surface area contributed by atoms with Crippen molar-refractivity contribution in [3.05, 3.63) is 46.8 Å². The molecule has 28 heavy (non-hydrogen) atoms. The van der Waals surface area contributed by atoms with E-state index < -0.39 is 17.3 Å². The number of hydrogen-bond acceptors (Lipinski definition) is 7. The van der Waals surface area contributed by atoms with Crippen LogP contribution in [-0.4, -0.2) is 41.2 Å². The van der Waals surface area contributed by atoms with Gasteiger partial charge in [0.15, 0.2) is 17.0 Å². The van der Waals surface area contributed by atoms with Crippen molar-refractivity contribution in [1.82, 2.24) is 9.88 Å². The van der Waals surface area contributed by atoms with Gasteiger partial charge in [0.2, 0.25) is 5.91 Å². The number of nitrogen functional groups attached to an aromatic ring is 1. The lowest BCUT2D eigenvalue weighted by atomic mass is 9.71. The zero-order valence-electron chi connectivity index (χ0n) is 15.2. The normalized spacial score (nSPS) is 22.5. The highest BCUT2D eigenvalue weighted by Crippen LogP contribution is 2.59. The van der Waals surface area contributed by atoms with E-state index in [-0.39, 0.29) is 18.3 Å². The maximum absolute atomic E-state index is 13.8. The molecule has 5 rings (SSSR count). The number of ketones is 1. The molecule has 0 saturated carbocycles. The van der Waals surface area contributed by atoms with E-state index in [1.165, 1.54) is 12.0 Å². The molecular weight excluding hydrogens is 362 g/mol. The van der Waals surface area contributed by atoms with Gasteiger partial charge in [0.1, 0.15) is 12.2 Å². The summed E-state index contributed by atoms with van der Waals surface area (Å²) in [5.74, 6) is -0.670. The van der Waals surface area contributed by atoms with E-state index in [9.17, 15) is 14.4 Å². The number of carbonyl (C=O) groups excluding carboxylic acids is 3. The number of allylic oxidation sites excluding steroid dienone is 1. The number of aromatic nitrogens is 1. The van der Waals surface area contributed by atoms with Crippen LogP contribution in [0.3, 0.4) is 0 Å². The van der Waals surface area contributed by atoms with E-state index in [2.05, 4.69) is 4.98 Å². The standard InChI is InChI=1S/C20H17N3O5/c1-27-14(25)9-23-12-7-4-8-13(24)15(12)20(18(23)26)11-6-3-2-5-10(11)16-17(20)22-19(21)28-16/h2-3,5-6H,4,7-9H2,1H3,(H2,21,22)/t20-/m0/s1. The summed E-state index contributed by atoms with van der Waals surface area (Å²) >= 11 is 0. The SMILES string of the molecule is COC(=O)CN1C(=O)[C@]2(C3=C1CCCC3=O)c1ccccc1-c1oc(N)nc12. The number of oxazole rings is 1. The van der Waals surface area contributed by atoms with Crippen molar-refractivity contribution in [3.8, 4) is 11.3 Å². The van der Waals surface area contributed by atoms with Crippen LogP contribution in [0.1, 0.15) is 30.5 Å². The van der Waals surface area contributed by atoms with Crippen LogP contribution in [0.5, 0.6) is 0 Å². The third kappa shape index (κ3) is 1.84. The number of methoxy groups -OCH3 is 1. The number of nitrogens with two attached hydrogens (primary N) is 1. The van der Waals surface area contributed by atoms with Gasteiger partial charge >= 0.3 is 5.97 Å². The second kappa shape index (κ2) is 5.54. The Hall–Kier alpha value is -3.42. The summed E-state index contributed by atoms with van der Waals surface area (Å²) in [5, 5.41) is 0. The number of esters is 1. The molecule has 2 aliphatic carbocycles. The summed E-state index contributed by atoms with van der Waals surface area (Å²) < 4.78 is 10.4. The van der Waals surface area contributed by atoms with Gasteiger partial charge in [0.05, 0.1) is 7.11 Å². The molecule has 2 N–H and O–H groups in total. The lowest BCUT2D eigenvalue weighted by Gasteiger charge is -2.26. The molecule has 0 saturated heterocycles. The first-order valence-electron chi connectivity index (χ1n) is 9.02. The fraction of sp³-hybridized carbons (Fsp3) is 0.300. The largest absolute Gasteiger partial charge is 0.468 e. The zero-order chi connectivity index (χ0) is 19.6. The van der Waals surface area contributed by atoms with Crippen molar-refractivity contribution in [3.63, 3.8) is 0 Å². The van der Waals surface area contributed by atoms with Gasteiger partial charge in [0.25, 0.3) is 6.01 Å². The monoisotopic (exact) mass is 379 g/mol. The molecule has 1 aromatic heterocycles. The lowest BCUT2D eigenvalue weighted by molar-refractivity contribution is -0.146. The van der Waals surface area contributed by atoms with Gasteiger partial charge in [-0.2, -0.15) is 4.98 Å². The number of hydrogen-bond donors (Lipinski definition) is 1. The molecule has 0 fully saturated rings. The number of benzene rings is 1. The van der Waals surface area contributed by atoms with Crippen LogP contribution in [-0.2, 0) is 24.5 Å². The minimum absolute atomic E-state index is 0.0662. The molecular formula is C20H17N3O5. The van der Waals surface area contributed by atoms with Gasteiger partial charge in [-0.05, 0) is 18.4 Å². The Morgan fingerprint density at radius 3 is 2.89 bits per heavy atom. The summed E-state index contributed by atoms with van der Waals surface area (Å²) in [7, 11) is 1.27. The molecule has 1 aliphatic heterocycles. The van der Waals surface area contributed by atoms with Crippen molar-refractivity contribution in [1.29, 1.82) is 0 Å². The number of carbonyl (C=O) groups is 3. The number of nitrogens with zero attached hydrogens (tertiary/aromatic N) is 2. The average Bonchev–Trinajstić information content (AvgIpc) is 3.28. The first-order chi connectivity index (χ1) is 13.5. The van der Waals surface area contributed by atoms with Crippen LogP contribution < -0.4 is 5.73 Å². The minimum atomic E-state index is -1.42. The fourth-order valence-electron chi connectivity index (χ4n) is 4.69. The Balaban J connectivity index is 1.84. The number of anilines is 1. The minimum Gasteiger partial charge on any atom is -0.468 e. The van der Waals surface area contributed by atoms with Crippen molar-refractivity contribution in [2.24, 2.45) is 0 Å². The van der Waals surface area contributed by atoms with Crippen LogP contribution in [0, 0.1) is 0 Å². The topological polar surface area (TPSA) is 116 Å². The molecule has 2 heterocycles. The van der Waals surface area contributed by atoms with Crippen molar-refractivity contribution in [2.75, 3.05) is 19.4 Å². The highest BCUT2D eigenvalue weighted by Gasteiger charge is 2.64. The van der Waals surface area contributed by atoms with Crippen LogP contribution in [0.4, 0.5) is 6.01 Å². The molecule has 1 atom stereocenters. The van der Waals surface area contributed by atoms with Gasteiger partial charge in [-0.3, -0.25) is 14.4 Å². The van der Waals surface area contributed by atoms with Gasteiger partial charge < -0.3 is 19.8 Å². The van der Waals surface area contributed by atoms with E-state index in [4.69, 9.17) is 14.9 Å². The molecule has 0 radical (unpaired) electrons. The smallest absolute Gasteiger partial charge is 0.325 e. The van der Waals surface area contributed by atoms with Crippen LogP contribution in [0.2, 0.25) is 0 Å². The Bertz CT molecular complexity index is 1100. The van der Waals surface area contributed by atoms with Gasteiger partial charge in [0, 0.05) is 23.3 Å². The molecule has 1 spiro atoms. The average molecular weight is 379 g/mol. The lowest BCUT2D eigenvalue weighted by Crippen LogP contribution is -2.43. The molecule has 8 nitrogen and oxygen atoms in total. The predicted octanol–water partition coefficient (Wildman–Crippen LogP) is 1.55. The third-order valence-electron chi connectivity index (χ3n) is 5.74. The van der Waals surface area contributed by atoms with Crippen molar-refractivity contribution >= 4 is 23.7 Å². The highest BCUT2D eigenvalue weighted by molar-refractivity contribution is 6.17. The fourth-order valence-corrected chi connectivity index (χ4v) is 4.69. The first-order valence-corrected chi connectivity index (χ1v) is 9.02. The van der Waals surface area contributed by atoms with Crippen molar-refractivity contribution < 1.29 is 23.5 Å². The summed E-state index contributed by atoms with van der Waals surface area (Å²) in [6.07, 6.45) is 1.48. The molecule has 2 aromatic rings. The van der Waals surface area contributed by atoms with E-state index in [0.717, 1.165) is 0 Å². The molecule has 3 aliphatic rings. The van der Waals surface area contributed by atoms with E-state index >= 15 is 0 Å². The second-order valence-corrected chi connectivity index (χ2v) is 7.09. The highest BCUT2D eigenvalue weighted by atomic mass is 16.5. The zero-order valence-corrected chi connectivity index (χ0v) is 15.2. The number of fused-ring (bicyclic) bond motifs is 6. The van der Waals surface area contributed by atoms with Crippen LogP contribution in [0.15, 0.2) is 40.0 Å². The summed E-state index contributed by atoms with van der Waals surface area (Å²) in [6.45, 7) is -0.256. The number of rotatable bonds is 2. The molecule has 0 bridgehead atoms. The van der Waals surface area contributed by atoms with E-state index in [1.54, 1.807) is 12.1 Å². The Kier molecular flexibility index (Phi) is 3.31. The Morgan fingerprint density at radius 1 is 1.32 bits per heavy atom. The quantitative estimate of drug-likeness (QED) is 0.787. The van der Waals surface area contributed by atoms with Crippen LogP contribution in [0.25, 0.3) is 11.3 Å². The molecule has 1 aromatic carbocycles. The van der Waals surface area contributed by atoms with E-state index in [0.29, 0.717) is 53.1 Å². The van der Waals surface area contributed by atoms with Gasteiger partial charge in [-0.1, -0.05) is 24.3 Å². The first kappa shape index (κ1) is 16.7. The Morgan fingerprint density at radius 2 is 2.11 bits per heavy atom. The van der Waals surface area contributed by atoms with Crippen LogP contribution >= 0.6 is 0 Å². The molecule has 8 heteroatoms. The van der Waals surface area contributed by atoms with Crippen molar-refractivity contribution in [2.45, 2.75) is 24.7 Å². The Labute approximate surface area is 160 Å². The van der Waals surface area contributed by atoms with Gasteiger partial charge in [-0.15, -0.1) is 0 Å². The van der Waals surface area contributed by atoms with Gasteiger partial charge in [-0.25, -0.2) is 0 Å². The number of Topliss-reactive ketones (excluding diaryl/α,β-unsaturated/α-hetero) is 1. The predicted molar refractivity (Wildman–Crippen MR) is 96.7 cm³/mol. The summed E-state index contributed by atoms with van der Waals surface area (Å²) in [5.41, 5.74) is 6.97. The number of ether oxygens (including phenoxy) is 1. The molecule has 0 unspecified atom stereocenters. The second-order valence-electron chi connectivity index (χ2n) is 7.09. The third-order valence-corrected chi connectivity index (χ3v) is 5.74. The molecule has 1 amide bonds. The maximum Gasteiger partial charge on any atom is 0.325 e. The summed E-state index contributed by atoms with van der Waals surface area (Å²) in [4.78, 5) is 44.6. The number of amides is 1. The maximum atomic E-state index is 13.8. The van der Waals surface area contributed by atoms with E-state index in [1.807, 2.05) is 12.1 Å². The molecule has 142 valence electrons. The summed E-state index contributed by atoms with van der Waals surface area (Å²) in [6, 6.07) is 7.18.